The first-order valence-electron chi connectivity index (χ1n) is 10.4. The van der Waals surface area contributed by atoms with E-state index in [1.54, 1.807) is 7.11 Å². The van der Waals surface area contributed by atoms with Gasteiger partial charge in [-0.3, -0.25) is 9.36 Å². The molecule has 0 spiro atoms. The fourth-order valence-electron chi connectivity index (χ4n) is 4.53. The molecule has 3 aromatic rings. The molecule has 0 bridgehead atoms. The molecule has 0 radical (unpaired) electrons. The molecule has 152 valence electrons. The molecule has 2 atom stereocenters. The number of hydrogen-bond donors (Lipinski definition) is 1. The number of nitrogens with two attached hydrogens (primary N) is 1. The predicted molar refractivity (Wildman–Crippen MR) is 117 cm³/mol. The van der Waals surface area contributed by atoms with Crippen LogP contribution < -0.4 is 16.0 Å². The van der Waals surface area contributed by atoms with Crippen LogP contribution in [0.4, 0.5) is 0 Å². The van der Waals surface area contributed by atoms with Crippen LogP contribution in [0.2, 0.25) is 0 Å². The third-order valence-electron chi connectivity index (χ3n) is 6.10. The van der Waals surface area contributed by atoms with Crippen LogP contribution in [-0.4, -0.2) is 23.2 Å². The van der Waals surface area contributed by atoms with Gasteiger partial charge in [0, 0.05) is 12.1 Å². The number of nitrogens with zero attached hydrogens (tertiary/aromatic N) is 2. The van der Waals surface area contributed by atoms with E-state index in [9.17, 15) is 4.79 Å². The largest absolute Gasteiger partial charge is 0.497 e. The summed E-state index contributed by atoms with van der Waals surface area (Å²) in [4.78, 5) is 18.4. The van der Waals surface area contributed by atoms with E-state index in [1.807, 2.05) is 54.0 Å². The van der Waals surface area contributed by atoms with E-state index in [0.29, 0.717) is 29.6 Å². The average molecular weight is 392 g/mol. The quantitative estimate of drug-likeness (QED) is 0.709. The zero-order chi connectivity index (χ0) is 20.4. The van der Waals surface area contributed by atoms with E-state index in [-0.39, 0.29) is 5.56 Å². The Labute approximate surface area is 171 Å². The second-order valence-electron chi connectivity index (χ2n) is 8.24. The molecule has 1 saturated carbocycles. The van der Waals surface area contributed by atoms with Crippen LogP contribution in [0, 0.1) is 18.8 Å². The lowest BCUT2D eigenvalue weighted by molar-refractivity contribution is 0.246. The zero-order valence-corrected chi connectivity index (χ0v) is 17.2. The van der Waals surface area contributed by atoms with Crippen LogP contribution in [0.25, 0.3) is 22.3 Å². The molecule has 1 aliphatic rings. The summed E-state index contributed by atoms with van der Waals surface area (Å²) < 4.78 is 7.27. The summed E-state index contributed by atoms with van der Waals surface area (Å²) in [6.45, 7) is 3.41. The number of fused-ring (bicyclic) bond motifs is 1. The van der Waals surface area contributed by atoms with Gasteiger partial charge in [0.05, 0.1) is 18.0 Å². The lowest BCUT2D eigenvalue weighted by atomic mass is 9.81. The Hall–Kier alpha value is -2.66. The smallest absolute Gasteiger partial charge is 0.261 e. The Balaban J connectivity index is 1.85. The van der Waals surface area contributed by atoms with Gasteiger partial charge in [-0.15, -0.1) is 0 Å². The first kappa shape index (κ1) is 19.6. The normalized spacial score (nSPS) is 19.4. The molecule has 2 unspecified atom stereocenters. The predicted octanol–water partition coefficient (Wildman–Crippen LogP) is 4.15. The van der Waals surface area contributed by atoms with Gasteiger partial charge in [-0.1, -0.05) is 30.2 Å². The molecule has 0 aliphatic heterocycles. The van der Waals surface area contributed by atoms with Gasteiger partial charge >= 0.3 is 0 Å². The van der Waals surface area contributed by atoms with Crippen molar-refractivity contribution >= 4 is 10.9 Å². The number of aryl methyl sites for hydroxylation is 1. The molecule has 1 aliphatic carbocycles. The summed E-state index contributed by atoms with van der Waals surface area (Å²) in [5, 5.41) is 0.683. The number of aromatic nitrogens is 2. The monoisotopic (exact) mass is 391 g/mol. The molecule has 29 heavy (non-hydrogen) atoms. The number of methoxy groups -OCH3 is 1. The Bertz CT molecular complexity index is 1070. The Morgan fingerprint density at radius 2 is 2.00 bits per heavy atom. The van der Waals surface area contributed by atoms with Crippen LogP contribution in [0.15, 0.2) is 47.3 Å². The zero-order valence-electron chi connectivity index (χ0n) is 17.2. The third kappa shape index (κ3) is 4.06. The van der Waals surface area contributed by atoms with Gasteiger partial charge in [0.15, 0.2) is 0 Å². The van der Waals surface area contributed by atoms with Crippen molar-refractivity contribution in [1.29, 1.82) is 0 Å². The van der Waals surface area contributed by atoms with Crippen LogP contribution in [0.3, 0.4) is 0 Å². The highest BCUT2D eigenvalue weighted by atomic mass is 16.5. The molecule has 1 heterocycles. The molecule has 5 nitrogen and oxygen atoms in total. The molecule has 4 rings (SSSR count). The number of benzene rings is 2. The van der Waals surface area contributed by atoms with Gasteiger partial charge in [-0.25, -0.2) is 4.98 Å². The third-order valence-corrected chi connectivity index (χ3v) is 6.10. The van der Waals surface area contributed by atoms with Crippen molar-refractivity contribution in [1.82, 2.24) is 9.55 Å². The van der Waals surface area contributed by atoms with Gasteiger partial charge in [0.2, 0.25) is 0 Å². The van der Waals surface area contributed by atoms with Crippen molar-refractivity contribution < 1.29 is 4.74 Å². The Morgan fingerprint density at radius 3 is 2.79 bits per heavy atom. The highest BCUT2D eigenvalue weighted by molar-refractivity contribution is 5.80. The molecule has 2 aromatic carbocycles. The van der Waals surface area contributed by atoms with Crippen LogP contribution in [-0.2, 0) is 6.54 Å². The molecule has 1 aromatic heterocycles. The topological polar surface area (TPSA) is 70.1 Å². The van der Waals surface area contributed by atoms with Gasteiger partial charge in [-0.05, 0) is 68.8 Å². The summed E-state index contributed by atoms with van der Waals surface area (Å²) >= 11 is 0. The van der Waals surface area contributed by atoms with E-state index < -0.39 is 0 Å². The van der Waals surface area contributed by atoms with E-state index in [1.165, 1.54) is 12.8 Å². The second-order valence-corrected chi connectivity index (χ2v) is 8.24. The number of rotatable bonds is 5. The van der Waals surface area contributed by atoms with Gasteiger partial charge in [0.25, 0.3) is 5.56 Å². The summed E-state index contributed by atoms with van der Waals surface area (Å²) in [7, 11) is 1.65. The minimum atomic E-state index is 0.0337. The van der Waals surface area contributed by atoms with Crippen molar-refractivity contribution in [2.75, 3.05) is 13.7 Å². The maximum atomic E-state index is 13.5. The van der Waals surface area contributed by atoms with Crippen LogP contribution >= 0.6 is 0 Å². The second kappa shape index (κ2) is 8.37. The summed E-state index contributed by atoms with van der Waals surface area (Å²) in [6.07, 6.45) is 4.58. The maximum Gasteiger partial charge on any atom is 0.261 e. The summed E-state index contributed by atoms with van der Waals surface area (Å²) in [5.74, 6) is 2.47. The molecule has 1 fully saturated rings. The van der Waals surface area contributed by atoms with E-state index >= 15 is 0 Å². The van der Waals surface area contributed by atoms with Crippen molar-refractivity contribution in [3.63, 3.8) is 0 Å². The molecule has 0 amide bonds. The van der Waals surface area contributed by atoms with Gasteiger partial charge < -0.3 is 10.5 Å². The van der Waals surface area contributed by atoms with Gasteiger partial charge in [-0.2, -0.15) is 0 Å². The molecular formula is C24H29N3O2. The van der Waals surface area contributed by atoms with Gasteiger partial charge in [0.1, 0.15) is 11.6 Å². The van der Waals surface area contributed by atoms with Crippen molar-refractivity contribution in [3.8, 4) is 17.1 Å². The molecular weight excluding hydrogens is 362 g/mol. The molecule has 2 N–H and O–H groups in total. The highest BCUT2D eigenvalue weighted by Crippen LogP contribution is 2.31. The van der Waals surface area contributed by atoms with Crippen molar-refractivity contribution in [2.24, 2.45) is 17.6 Å². The van der Waals surface area contributed by atoms with Crippen molar-refractivity contribution in [3.05, 3.63) is 58.4 Å². The average Bonchev–Trinajstić information content (AvgIpc) is 2.76. The Morgan fingerprint density at radius 1 is 1.17 bits per heavy atom. The van der Waals surface area contributed by atoms with Crippen LogP contribution in [0.5, 0.6) is 5.75 Å². The lowest BCUT2D eigenvalue weighted by Crippen LogP contribution is -2.30. The fourth-order valence-corrected chi connectivity index (χ4v) is 4.53. The first-order valence-corrected chi connectivity index (χ1v) is 10.4. The lowest BCUT2D eigenvalue weighted by Gasteiger charge is -2.29. The first-order chi connectivity index (χ1) is 14.1. The number of ether oxygens (including phenoxy) is 1. The maximum absolute atomic E-state index is 13.5. The van der Waals surface area contributed by atoms with E-state index in [0.717, 1.165) is 41.8 Å². The fraction of sp³-hybridized carbons (Fsp3) is 0.417. The van der Waals surface area contributed by atoms with E-state index in [2.05, 4.69) is 0 Å². The van der Waals surface area contributed by atoms with E-state index in [4.69, 9.17) is 15.5 Å². The molecule has 0 saturated heterocycles. The van der Waals surface area contributed by atoms with Crippen molar-refractivity contribution in [2.45, 2.75) is 39.2 Å². The highest BCUT2D eigenvalue weighted by Gasteiger charge is 2.23. The molecule has 5 heteroatoms. The Kier molecular flexibility index (Phi) is 5.67. The standard InChI is InChI=1S/C24H29N3O2/c1-16-9-10-22-21(11-16)24(28)27(15-18-6-3-5-17(12-18)14-25)23(26-22)19-7-4-8-20(13-19)29-2/h4,7-11,13,17-18H,3,5-6,12,14-15,25H2,1-2H3. The van der Waals surface area contributed by atoms with Crippen LogP contribution in [0.1, 0.15) is 31.2 Å². The summed E-state index contributed by atoms with van der Waals surface area (Å²) in [6, 6.07) is 13.7. The minimum absolute atomic E-state index is 0.0337. The summed E-state index contributed by atoms with van der Waals surface area (Å²) in [5.41, 5.74) is 8.67. The number of hydrogen-bond acceptors (Lipinski definition) is 4. The minimum Gasteiger partial charge on any atom is -0.497 e. The SMILES string of the molecule is COc1cccc(-c2nc3ccc(C)cc3c(=O)n2CC2CCCC(CN)C2)c1.